The van der Waals surface area contributed by atoms with Crippen molar-refractivity contribution >= 4 is 62.4 Å². The fourth-order valence-corrected chi connectivity index (χ4v) is 4.02. The summed E-state index contributed by atoms with van der Waals surface area (Å²) in [6, 6.07) is 5.96. The molecule has 1 amide bonds. The van der Waals surface area contributed by atoms with Crippen molar-refractivity contribution in [2.45, 2.75) is 31.0 Å². The smallest absolute Gasteiger partial charge is 0.234 e. The molecule has 2 rings (SSSR count). The summed E-state index contributed by atoms with van der Waals surface area (Å²) in [4.78, 5) is 12.0. The van der Waals surface area contributed by atoms with Crippen LogP contribution in [0.3, 0.4) is 0 Å². The van der Waals surface area contributed by atoms with Gasteiger partial charge in [0.2, 0.25) is 11.0 Å². The molecule has 0 spiro atoms. The van der Waals surface area contributed by atoms with Crippen LogP contribution in [0.5, 0.6) is 0 Å². The first-order valence-corrected chi connectivity index (χ1v) is 10.2. The van der Waals surface area contributed by atoms with Crippen molar-refractivity contribution in [1.29, 1.82) is 0 Å². The van der Waals surface area contributed by atoms with Crippen LogP contribution in [0.2, 0.25) is 0 Å². The molecule has 0 aliphatic heterocycles. The second-order valence-corrected chi connectivity index (χ2v) is 8.40. The van der Waals surface area contributed by atoms with Crippen LogP contribution in [0.25, 0.3) is 0 Å². The number of aromatic nitrogens is 2. The highest BCUT2D eigenvalue weighted by Gasteiger charge is 2.09. The number of nitrogens with zero attached hydrogens (tertiary/aromatic N) is 2. The molecule has 0 saturated heterocycles. The van der Waals surface area contributed by atoms with Gasteiger partial charge >= 0.3 is 0 Å². The number of anilines is 2. The predicted octanol–water partition coefficient (Wildman–Crippen LogP) is 4.39. The van der Waals surface area contributed by atoms with Crippen molar-refractivity contribution in [2.24, 2.45) is 0 Å². The highest BCUT2D eigenvalue weighted by atomic mass is 127. The van der Waals surface area contributed by atoms with Crippen LogP contribution in [0.15, 0.2) is 22.5 Å². The van der Waals surface area contributed by atoms with Gasteiger partial charge in [-0.2, -0.15) is 0 Å². The van der Waals surface area contributed by atoms with Crippen LogP contribution in [0.1, 0.15) is 25.3 Å². The van der Waals surface area contributed by atoms with Crippen LogP contribution < -0.4 is 10.6 Å². The zero-order valence-corrected chi connectivity index (χ0v) is 16.8. The summed E-state index contributed by atoms with van der Waals surface area (Å²) in [6.45, 7) is 5.04. The molecule has 8 heteroatoms. The number of benzene rings is 1. The quantitative estimate of drug-likeness (QED) is 0.346. The van der Waals surface area contributed by atoms with Gasteiger partial charge in [-0.25, -0.2) is 0 Å². The maximum atomic E-state index is 12.0. The summed E-state index contributed by atoms with van der Waals surface area (Å²) < 4.78 is 1.96. The molecule has 0 atom stereocenters. The van der Waals surface area contributed by atoms with Crippen LogP contribution in [-0.2, 0) is 4.79 Å². The van der Waals surface area contributed by atoms with Crippen molar-refractivity contribution in [3.63, 3.8) is 0 Å². The largest absolute Gasteiger partial charge is 0.360 e. The summed E-state index contributed by atoms with van der Waals surface area (Å²) in [5, 5.41) is 15.2. The molecule has 0 radical (unpaired) electrons. The molecule has 0 saturated carbocycles. The molecule has 0 aliphatic carbocycles. The Bertz CT molecular complexity index is 663. The number of hydrogen-bond donors (Lipinski definition) is 2. The lowest BCUT2D eigenvalue weighted by atomic mass is 10.2. The standard InChI is InChI=1S/C15H19IN4OS2/c1-3-4-7-17-14-19-20-15(23-14)22-9-13(21)18-12-6-5-11(16)8-10(12)2/h5-6,8H,3-4,7,9H2,1-2H3,(H,17,19)(H,18,21). The van der Waals surface area contributed by atoms with E-state index in [1.54, 1.807) is 0 Å². The highest BCUT2D eigenvalue weighted by molar-refractivity contribution is 14.1. The van der Waals surface area contributed by atoms with E-state index >= 15 is 0 Å². The van der Waals surface area contributed by atoms with E-state index in [-0.39, 0.29) is 5.91 Å². The minimum Gasteiger partial charge on any atom is -0.360 e. The molecule has 1 heterocycles. The number of carbonyl (C=O) groups excluding carboxylic acids is 1. The van der Waals surface area contributed by atoms with Gasteiger partial charge in [0.05, 0.1) is 5.75 Å². The minimum absolute atomic E-state index is 0.0324. The molecule has 0 aliphatic rings. The third-order valence-corrected chi connectivity index (χ3v) is 5.69. The minimum atomic E-state index is -0.0324. The highest BCUT2D eigenvalue weighted by Crippen LogP contribution is 2.26. The number of rotatable bonds is 8. The Morgan fingerprint density at radius 1 is 1.39 bits per heavy atom. The van der Waals surface area contributed by atoms with Crippen LogP contribution >= 0.6 is 45.7 Å². The maximum absolute atomic E-state index is 12.0. The molecule has 0 bridgehead atoms. The van der Waals surface area contributed by atoms with E-state index < -0.39 is 0 Å². The van der Waals surface area contributed by atoms with Gasteiger partial charge in [-0.15, -0.1) is 10.2 Å². The number of amides is 1. The predicted molar refractivity (Wildman–Crippen MR) is 107 cm³/mol. The van der Waals surface area contributed by atoms with E-state index in [9.17, 15) is 4.79 Å². The molecule has 124 valence electrons. The summed E-state index contributed by atoms with van der Waals surface area (Å²) in [5.74, 6) is 0.296. The van der Waals surface area contributed by atoms with Crippen LogP contribution in [0, 0.1) is 10.5 Å². The van der Waals surface area contributed by atoms with Crippen molar-refractivity contribution in [1.82, 2.24) is 10.2 Å². The van der Waals surface area contributed by atoms with E-state index in [0.717, 1.165) is 43.7 Å². The van der Waals surface area contributed by atoms with Gasteiger partial charge in [0.25, 0.3) is 0 Å². The first kappa shape index (κ1) is 18.5. The lowest BCUT2D eigenvalue weighted by molar-refractivity contribution is -0.113. The molecule has 5 nitrogen and oxygen atoms in total. The second-order valence-electron chi connectivity index (χ2n) is 4.95. The van der Waals surface area contributed by atoms with E-state index in [2.05, 4.69) is 50.3 Å². The Morgan fingerprint density at radius 2 is 2.22 bits per heavy atom. The first-order valence-electron chi connectivity index (χ1n) is 7.34. The van der Waals surface area contributed by atoms with Crippen molar-refractivity contribution < 1.29 is 4.79 Å². The normalized spacial score (nSPS) is 10.6. The van der Waals surface area contributed by atoms with E-state index in [1.807, 2.05) is 25.1 Å². The zero-order valence-electron chi connectivity index (χ0n) is 13.1. The Kier molecular flexibility index (Phi) is 7.57. The van der Waals surface area contributed by atoms with Gasteiger partial charge in [0.1, 0.15) is 0 Å². The molecular formula is C15H19IN4OS2. The van der Waals surface area contributed by atoms with Gasteiger partial charge in [-0.3, -0.25) is 4.79 Å². The van der Waals surface area contributed by atoms with Gasteiger partial charge in [0.15, 0.2) is 4.34 Å². The number of unbranched alkanes of at least 4 members (excludes halogenated alkanes) is 1. The van der Waals surface area contributed by atoms with Gasteiger partial charge < -0.3 is 10.6 Å². The fraction of sp³-hybridized carbons (Fsp3) is 0.400. The number of aryl methyl sites for hydroxylation is 1. The van der Waals surface area contributed by atoms with E-state index in [0.29, 0.717) is 5.75 Å². The average molecular weight is 462 g/mol. The lowest BCUT2D eigenvalue weighted by Crippen LogP contribution is -2.14. The number of thioether (sulfide) groups is 1. The third-order valence-electron chi connectivity index (χ3n) is 3.00. The van der Waals surface area contributed by atoms with Crippen molar-refractivity contribution in [3.8, 4) is 0 Å². The van der Waals surface area contributed by atoms with Gasteiger partial charge in [-0.1, -0.05) is 36.4 Å². The Morgan fingerprint density at radius 3 is 2.96 bits per heavy atom. The van der Waals surface area contributed by atoms with Crippen LogP contribution in [-0.4, -0.2) is 28.4 Å². The Hall–Kier alpha value is -0.870. The molecule has 0 unspecified atom stereocenters. The average Bonchev–Trinajstić information content (AvgIpc) is 2.96. The van der Waals surface area contributed by atoms with Crippen LogP contribution in [0.4, 0.5) is 10.8 Å². The number of nitrogens with one attached hydrogen (secondary N) is 2. The Labute approximate surface area is 158 Å². The van der Waals surface area contributed by atoms with Crippen molar-refractivity contribution in [2.75, 3.05) is 22.9 Å². The first-order chi connectivity index (χ1) is 11.1. The number of hydrogen-bond acceptors (Lipinski definition) is 6. The third kappa shape index (κ3) is 6.27. The van der Waals surface area contributed by atoms with E-state index in [1.165, 1.54) is 23.1 Å². The molecule has 0 fully saturated rings. The number of halogens is 1. The summed E-state index contributed by atoms with van der Waals surface area (Å²) >= 11 is 5.15. The zero-order chi connectivity index (χ0) is 16.7. The topological polar surface area (TPSA) is 66.9 Å². The van der Waals surface area contributed by atoms with Crippen molar-refractivity contribution in [3.05, 3.63) is 27.3 Å². The Balaban J connectivity index is 1.80. The second kappa shape index (κ2) is 9.43. The van der Waals surface area contributed by atoms with Gasteiger partial charge in [0, 0.05) is 15.8 Å². The SMILES string of the molecule is CCCCNc1nnc(SCC(=O)Nc2ccc(I)cc2C)s1. The fourth-order valence-electron chi connectivity index (χ4n) is 1.79. The van der Waals surface area contributed by atoms with Gasteiger partial charge in [-0.05, 0) is 59.7 Å². The summed E-state index contributed by atoms with van der Waals surface area (Å²) in [5.41, 5.74) is 1.92. The molecular weight excluding hydrogens is 443 g/mol. The number of carbonyl (C=O) groups is 1. The molecule has 2 N–H and O–H groups in total. The maximum Gasteiger partial charge on any atom is 0.234 e. The molecule has 1 aromatic carbocycles. The lowest BCUT2D eigenvalue weighted by Gasteiger charge is -2.07. The molecule has 2 aromatic rings. The molecule has 23 heavy (non-hydrogen) atoms. The monoisotopic (exact) mass is 462 g/mol. The summed E-state index contributed by atoms with van der Waals surface area (Å²) in [7, 11) is 0. The molecule has 1 aromatic heterocycles. The van der Waals surface area contributed by atoms with E-state index in [4.69, 9.17) is 0 Å². The summed E-state index contributed by atoms with van der Waals surface area (Å²) in [6.07, 6.45) is 2.26.